The third-order valence-corrected chi connectivity index (χ3v) is 19.7. The summed E-state index contributed by atoms with van der Waals surface area (Å²) in [5.74, 6) is 3.11. The lowest BCUT2D eigenvalue weighted by molar-refractivity contribution is -0.214. The summed E-state index contributed by atoms with van der Waals surface area (Å²) in [7, 11) is -2.84. The van der Waals surface area contributed by atoms with Crippen LogP contribution in [-0.4, -0.2) is 80.2 Å². The Bertz CT molecular complexity index is 1990. The Morgan fingerprint density at radius 2 is 1.80 bits per heavy atom. The largest absolute Gasteiger partial charge is 0.481 e. The van der Waals surface area contributed by atoms with Gasteiger partial charge in [0.1, 0.15) is 23.7 Å². The first-order valence-electron chi connectivity index (χ1n) is 23.3. The number of ether oxygens (including phenoxy) is 1. The van der Waals surface area contributed by atoms with Gasteiger partial charge in [0.05, 0.1) is 11.5 Å². The van der Waals surface area contributed by atoms with Crippen LogP contribution in [0.5, 0.6) is 5.88 Å². The summed E-state index contributed by atoms with van der Waals surface area (Å²) in [5, 5.41) is 23.7. The topological polar surface area (TPSA) is 133 Å². The summed E-state index contributed by atoms with van der Waals surface area (Å²) >= 11 is 0. The van der Waals surface area contributed by atoms with Gasteiger partial charge in [-0.1, -0.05) is 65.3 Å². The first kappa shape index (κ1) is 45.0. The standard InChI is InChI=1S/C50H74N4O5S/c1-35(2)38(13-10-25-52-27-28-54-29-31-60(57,58)32-30-54)39-12-8-20-48(6)41(39)14-15-43-47(5)21-18-40(46(3,4)42(47)19-22-49(43,48)7)36-16-23-50(24-17-36,45(55)56)34-59-44-37(33-51)11-9-26-53-44/h9,11,16,18,26,38-39,41-43,52H,1,8,10,12-15,17,19-25,27-32,34H2,2-7H3,(H,55,56)/t38-,39+,41+,42-,43+,47-,48+,49+,50+/m0/s1. The number of rotatable bonds is 14. The maximum absolute atomic E-state index is 12.8. The Morgan fingerprint density at radius 3 is 2.48 bits per heavy atom. The zero-order valence-electron chi connectivity index (χ0n) is 37.7. The predicted octanol–water partition coefficient (Wildman–Crippen LogP) is 9.42. The third kappa shape index (κ3) is 8.18. The number of carboxylic acids is 1. The van der Waals surface area contributed by atoms with E-state index in [1.54, 1.807) is 18.3 Å². The van der Waals surface area contributed by atoms with Crippen molar-refractivity contribution >= 4 is 15.8 Å². The molecule has 9 nitrogen and oxygen atoms in total. The van der Waals surface area contributed by atoms with Crippen molar-refractivity contribution in [2.75, 3.05) is 50.8 Å². The molecule has 0 aromatic carbocycles. The number of nitriles is 1. The average molecular weight is 843 g/mol. The minimum atomic E-state index is -2.84. The molecule has 1 saturated heterocycles. The molecule has 330 valence electrons. The predicted molar refractivity (Wildman–Crippen MR) is 239 cm³/mol. The van der Waals surface area contributed by atoms with Crippen molar-refractivity contribution in [3.8, 4) is 11.9 Å². The fourth-order valence-corrected chi connectivity index (χ4v) is 15.9. The molecule has 1 aromatic rings. The van der Waals surface area contributed by atoms with Crippen LogP contribution in [0.3, 0.4) is 0 Å². The van der Waals surface area contributed by atoms with E-state index in [1.165, 1.54) is 68.1 Å². The number of aliphatic carboxylic acids is 1. The van der Waals surface area contributed by atoms with Gasteiger partial charge >= 0.3 is 5.97 Å². The number of carboxylic acid groups (broad SMARTS) is 1. The normalized spacial score (nSPS) is 36.5. The third-order valence-electron chi connectivity index (χ3n) is 18.1. The molecule has 7 rings (SSSR count). The number of pyridine rings is 1. The van der Waals surface area contributed by atoms with Crippen LogP contribution < -0.4 is 10.1 Å². The zero-order chi connectivity index (χ0) is 43.1. The van der Waals surface area contributed by atoms with Gasteiger partial charge in [0.2, 0.25) is 5.88 Å². The summed E-state index contributed by atoms with van der Waals surface area (Å²) in [4.78, 5) is 19.3. The lowest BCUT2D eigenvalue weighted by Crippen LogP contribution is -2.64. The van der Waals surface area contributed by atoms with Gasteiger partial charge in [-0.05, 0) is 165 Å². The summed E-state index contributed by atoms with van der Waals surface area (Å²) < 4.78 is 29.6. The molecule has 6 aliphatic rings. The molecular weight excluding hydrogens is 769 g/mol. The van der Waals surface area contributed by atoms with Gasteiger partial charge in [-0.25, -0.2) is 13.4 Å². The van der Waals surface area contributed by atoms with Gasteiger partial charge in [0, 0.05) is 32.4 Å². The molecule has 0 bridgehead atoms. The van der Waals surface area contributed by atoms with E-state index in [0.29, 0.717) is 78.5 Å². The van der Waals surface area contributed by atoms with Crippen LogP contribution in [0.1, 0.15) is 131 Å². The lowest BCUT2D eigenvalue weighted by Gasteiger charge is -2.71. The van der Waals surface area contributed by atoms with E-state index in [0.717, 1.165) is 38.4 Å². The number of sulfone groups is 1. The molecule has 10 heteroatoms. The van der Waals surface area contributed by atoms with Gasteiger partial charge < -0.3 is 20.1 Å². The molecule has 3 saturated carbocycles. The first-order chi connectivity index (χ1) is 28.4. The van der Waals surface area contributed by atoms with E-state index in [4.69, 9.17) is 4.74 Å². The van der Waals surface area contributed by atoms with Crippen molar-refractivity contribution in [2.24, 2.45) is 56.7 Å². The van der Waals surface area contributed by atoms with Crippen LogP contribution in [-0.2, 0) is 14.6 Å². The summed E-state index contributed by atoms with van der Waals surface area (Å²) in [6.07, 6.45) is 20.4. The first-order valence-corrected chi connectivity index (χ1v) is 25.1. The molecule has 0 radical (unpaired) electrons. The van der Waals surface area contributed by atoms with Crippen LogP contribution in [0.4, 0.5) is 0 Å². The fraction of sp³-hybridized carbons (Fsp3) is 0.740. The molecule has 2 N–H and O–H groups in total. The molecule has 0 unspecified atom stereocenters. The van der Waals surface area contributed by atoms with Crippen LogP contribution >= 0.6 is 0 Å². The SMILES string of the molecule is C=C(C)[C@H](CCCNCCN1CCS(=O)(=O)CC1)[C@H]1CCC[C@]2(C)[C@@H]1CC[C@@H]1[C@@]3(C)CC=C(C4=CC[C@@](COc5ncccc5C#N)(C(=O)O)CC4)C(C)(C)[C@@H]3CC[C@]12C. The van der Waals surface area contributed by atoms with Crippen LogP contribution in [0.25, 0.3) is 0 Å². The molecule has 2 heterocycles. The number of nitrogens with zero attached hydrogens (tertiary/aromatic N) is 3. The highest BCUT2D eigenvalue weighted by molar-refractivity contribution is 7.91. The van der Waals surface area contributed by atoms with E-state index in [9.17, 15) is 23.6 Å². The lowest BCUT2D eigenvalue weighted by atomic mass is 9.33. The van der Waals surface area contributed by atoms with Gasteiger partial charge in [-0.15, -0.1) is 0 Å². The molecule has 9 atom stereocenters. The summed E-state index contributed by atoms with van der Waals surface area (Å²) in [5.41, 5.74) is 4.14. The molecule has 0 spiro atoms. The number of hydrogen-bond donors (Lipinski definition) is 2. The zero-order valence-corrected chi connectivity index (χ0v) is 38.5. The average Bonchev–Trinajstić information content (AvgIpc) is 3.20. The molecule has 1 aromatic heterocycles. The highest BCUT2D eigenvalue weighted by Gasteiger charge is 2.67. The minimum Gasteiger partial charge on any atom is -0.481 e. The van der Waals surface area contributed by atoms with Gasteiger partial charge in [0.25, 0.3) is 0 Å². The highest BCUT2D eigenvalue weighted by Crippen LogP contribution is 2.75. The van der Waals surface area contributed by atoms with E-state index in [-0.39, 0.29) is 28.7 Å². The van der Waals surface area contributed by atoms with E-state index in [1.807, 2.05) is 0 Å². The van der Waals surface area contributed by atoms with Crippen molar-refractivity contribution in [1.82, 2.24) is 15.2 Å². The quantitative estimate of drug-likeness (QED) is 0.139. The molecule has 5 aliphatic carbocycles. The van der Waals surface area contributed by atoms with Gasteiger partial charge in [-0.3, -0.25) is 4.79 Å². The second-order valence-corrected chi connectivity index (χ2v) is 23.7. The molecule has 1 aliphatic heterocycles. The van der Waals surface area contributed by atoms with Crippen molar-refractivity contribution < 1.29 is 23.1 Å². The summed E-state index contributed by atoms with van der Waals surface area (Å²) in [6, 6.07) is 5.44. The smallest absolute Gasteiger partial charge is 0.313 e. The molecule has 60 heavy (non-hydrogen) atoms. The second-order valence-electron chi connectivity index (χ2n) is 21.4. The van der Waals surface area contributed by atoms with E-state index >= 15 is 0 Å². The van der Waals surface area contributed by atoms with Gasteiger partial charge in [-0.2, -0.15) is 5.26 Å². The van der Waals surface area contributed by atoms with E-state index < -0.39 is 21.2 Å². The van der Waals surface area contributed by atoms with Crippen molar-refractivity contribution in [3.05, 3.63) is 59.3 Å². The van der Waals surface area contributed by atoms with Crippen molar-refractivity contribution in [2.45, 2.75) is 125 Å². The number of aromatic nitrogens is 1. The monoisotopic (exact) mass is 843 g/mol. The minimum absolute atomic E-state index is 0.0103. The maximum Gasteiger partial charge on any atom is 0.313 e. The van der Waals surface area contributed by atoms with Gasteiger partial charge in [0.15, 0.2) is 9.84 Å². The Balaban J connectivity index is 1.02. The summed E-state index contributed by atoms with van der Waals surface area (Å²) in [6.45, 7) is 24.0. The molecular formula is C50H74N4O5S. The Labute approximate surface area is 361 Å². The Hall–Kier alpha value is -3.00. The molecule has 0 amide bonds. The second kappa shape index (κ2) is 17.3. The van der Waals surface area contributed by atoms with Crippen LogP contribution in [0.15, 0.2) is 53.8 Å². The number of allylic oxidation sites excluding steroid dienone is 5. The number of carbonyl (C=O) groups is 1. The Morgan fingerprint density at radius 1 is 1.03 bits per heavy atom. The fourth-order valence-electron chi connectivity index (χ4n) is 14.6. The van der Waals surface area contributed by atoms with Crippen molar-refractivity contribution in [3.63, 3.8) is 0 Å². The number of nitrogens with one attached hydrogen (secondary N) is 1. The van der Waals surface area contributed by atoms with Crippen LogP contribution in [0, 0.1) is 68.0 Å². The maximum atomic E-state index is 12.8. The highest BCUT2D eigenvalue weighted by atomic mass is 32.2. The molecule has 4 fully saturated rings. The number of hydrogen-bond acceptors (Lipinski definition) is 8. The van der Waals surface area contributed by atoms with E-state index in [2.05, 4.69) is 81.5 Å². The Kier molecular flexibility index (Phi) is 13.0. The van der Waals surface area contributed by atoms with Crippen LogP contribution in [0.2, 0.25) is 0 Å². The van der Waals surface area contributed by atoms with Crippen molar-refractivity contribution in [1.29, 1.82) is 5.26 Å². The number of fused-ring (bicyclic) bond motifs is 5.